The molecule has 1 aromatic heterocycles. The molecule has 5 heteroatoms. The van der Waals surface area contributed by atoms with Gasteiger partial charge in [0.2, 0.25) is 0 Å². The number of Topliss-reactive ketones (excluding diaryl/α,β-unsaturated/α-hetero) is 1. The molecule has 0 saturated carbocycles. The van der Waals surface area contributed by atoms with Crippen molar-refractivity contribution in [1.82, 2.24) is 9.78 Å². The van der Waals surface area contributed by atoms with E-state index >= 15 is 0 Å². The summed E-state index contributed by atoms with van der Waals surface area (Å²) >= 11 is 3.20. The van der Waals surface area contributed by atoms with E-state index in [1.165, 1.54) is 18.2 Å². The van der Waals surface area contributed by atoms with Gasteiger partial charge in [-0.2, -0.15) is 5.10 Å². The monoisotopic (exact) mass is 310 g/mol. The Morgan fingerprint density at radius 2 is 2.28 bits per heavy atom. The molecule has 1 heterocycles. The number of hydrogen-bond donors (Lipinski definition) is 0. The summed E-state index contributed by atoms with van der Waals surface area (Å²) < 4.78 is 15.1. The molecule has 94 valence electrons. The minimum atomic E-state index is -0.356. The first-order valence-corrected chi connectivity index (χ1v) is 6.31. The molecule has 2 rings (SSSR count). The molecule has 0 aliphatic heterocycles. The topological polar surface area (TPSA) is 34.9 Å². The van der Waals surface area contributed by atoms with E-state index in [4.69, 9.17) is 0 Å². The predicted octanol–water partition coefficient (Wildman–Crippen LogP) is 3.14. The highest BCUT2D eigenvalue weighted by molar-refractivity contribution is 9.10. The maximum Gasteiger partial charge on any atom is 0.164 e. The first-order valence-electron chi connectivity index (χ1n) is 5.52. The maximum absolute atomic E-state index is 12.9. The molecule has 18 heavy (non-hydrogen) atoms. The zero-order chi connectivity index (χ0) is 13.1. The van der Waals surface area contributed by atoms with Crippen molar-refractivity contribution in [3.8, 4) is 0 Å². The van der Waals surface area contributed by atoms with Crippen molar-refractivity contribution < 1.29 is 9.18 Å². The Hall–Kier alpha value is -1.49. The first-order chi connectivity index (χ1) is 8.56. The van der Waals surface area contributed by atoms with Crippen LogP contribution < -0.4 is 0 Å². The van der Waals surface area contributed by atoms with Gasteiger partial charge in [-0.1, -0.05) is 0 Å². The van der Waals surface area contributed by atoms with Crippen LogP contribution in [0.1, 0.15) is 22.3 Å². The molecule has 0 unspecified atom stereocenters. The van der Waals surface area contributed by atoms with Crippen molar-refractivity contribution in [3.05, 3.63) is 52.0 Å². The largest absolute Gasteiger partial charge is 0.294 e. The lowest BCUT2D eigenvalue weighted by Gasteiger charge is -2.03. The summed E-state index contributed by atoms with van der Waals surface area (Å²) in [6.45, 7) is 0. The van der Waals surface area contributed by atoms with Crippen molar-refractivity contribution >= 4 is 21.7 Å². The second-order valence-corrected chi connectivity index (χ2v) is 4.92. The Bertz CT molecular complexity index is 580. The van der Waals surface area contributed by atoms with Gasteiger partial charge in [-0.05, 0) is 46.1 Å². The maximum atomic E-state index is 12.9. The van der Waals surface area contributed by atoms with Gasteiger partial charge in [0.1, 0.15) is 5.82 Å². The second-order valence-electron chi connectivity index (χ2n) is 4.07. The van der Waals surface area contributed by atoms with E-state index in [1.54, 1.807) is 10.9 Å². The quantitative estimate of drug-likeness (QED) is 0.813. The summed E-state index contributed by atoms with van der Waals surface area (Å²) in [6, 6.07) is 4.10. The van der Waals surface area contributed by atoms with Crippen LogP contribution in [0.4, 0.5) is 4.39 Å². The molecule has 0 amide bonds. The third kappa shape index (κ3) is 3.04. The summed E-state index contributed by atoms with van der Waals surface area (Å²) in [4.78, 5) is 12.0. The zero-order valence-electron chi connectivity index (χ0n) is 9.86. The van der Waals surface area contributed by atoms with Crippen LogP contribution >= 0.6 is 15.9 Å². The van der Waals surface area contributed by atoms with E-state index < -0.39 is 0 Å². The van der Waals surface area contributed by atoms with E-state index in [1.807, 2.05) is 13.2 Å². The lowest BCUT2D eigenvalue weighted by molar-refractivity contribution is 0.0982. The number of ketones is 1. The van der Waals surface area contributed by atoms with Gasteiger partial charge in [0.15, 0.2) is 5.78 Å². The minimum Gasteiger partial charge on any atom is -0.294 e. The van der Waals surface area contributed by atoms with Crippen LogP contribution in [0.5, 0.6) is 0 Å². The van der Waals surface area contributed by atoms with Crippen molar-refractivity contribution in [2.24, 2.45) is 7.05 Å². The molecule has 0 atom stereocenters. The highest BCUT2D eigenvalue weighted by Crippen LogP contribution is 2.20. The average molecular weight is 311 g/mol. The number of carbonyl (C=O) groups is 1. The summed E-state index contributed by atoms with van der Waals surface area (Å²) in [6.07, 6.45) is 4.65. The number of hydrogen-bond acceptors (Lipinski definition) is 2. The van der Waals surface area contributed by atoms with Gasteiger partial charge in [-0.25, -0.2) is 4.39 Å². The summed E-state index contributed by atoms with van der Waals surface area (Å²) in [5.41, 5.74) is 1.53. The van der Waals surface area contributed by atoms with Gasteiger partial charge in [0, 0.05) is 29.7 Å². The zero-order valence-corrected chi connectivity index (χ0v) is 11.4. The van der Waals surface area contributed by atoms with Crippen LogP contribution in [0, 0.1) is 5.82 Å². The van der Waals surface area contributed by atoms with E-state index in [0.29, 0.717) is 22.9 Å². The van der Waals surface area contributed by atoms with Gasteiger partial charge in [0.25, 0.3) is 0 Å². The van der Waals surface area contributed by atoms with E-state index in [-0.39, 0.29) is 11.6 Å². The summed E-state index contributed by atoms with van der Waals surface area (Å²) in [5.74, 6) is -0.364. The number of carbonyl (C=O) groups excluding carboxylic acids is 1. The van der Waals surface area contributed by atoms with Crippen LogP contribution in [0.2, 0.25) is 0 Å². The lowest BCUT2D eigenvalue weighted by atomic mass is 10.0. The van der Waals surface area contributed by atoms with Crippen LogP contribution in [0.3, 0.4) is 0 Å². The van der Waals surface area contributed by atoms with Gasteiger partial charge in [-0.3, -0.25) is 9.48 Å². The Balaban J connectivity index is 2.03. The smallest absolute Gasteiger partial charge is 0.164 e. The first kappa shape index (κ1) is 13.0. The molecule has 3 nitrogen and oxygen atoms in total. The normalized spacial score (nSPS) is 10.6. The van der Waals surface area contributed by atoms with Crippen LogP contribution in [-0.2, 0) is 13.5 Å². The molecular formula is C13H12BrFN2O. The molecular weight excluding hydrogens is 299 g/mol. The summed E-state index contributed by atoms with van der Waals surface area (Å²) in [5, 5.41) is 4.04. The summed E-state index contributed by atoms with van der Waals surface area (Å²) in [7, 11) is 1.84. The molecule has 0 spiro atoms. The van der Waals surface area contributed by atoms with Crippen molar-refractivity contribution in [1.29, 1.82) is 0 Å². The minimum absolute atomic E-state index is 0.00859. The van der Waals surface area contributed by atoms with Crippen LogP contribution in [-0.4, -0.2) is 15.6 Å². The highest BCUT2D eigenvalue weighted by atomic mass is 79.9. The molecule has 2 aromatic rings. The second kappa shape index (κ2) is 5.44. The SMILES string of the molecule is Cn1cc(CCC(=O)c2ccc(F)cc2Br)cn1. The van der Waals surface area contributed by atoms with E-state index in [9.17, 15) is 9.18 Å². The number of aryl methyl sites for hydroxylation is 2. The molecule has 1 aromatic carbocycles. The van der Waals surface area contributed by atoms with Crippen molar-refractivity contribution in [3.63, 3.8) is 0 Å². The van der Waals surface area contributed by atoms with Gasteiger partial charge >= 0.3 is 0 Å². The molecule has 0 radical (unpaired) electrons. The number of rotatable bonds is 4. The Kier molecular flexibility index (Phi) is 3.91. The predicted molar refractivity (Wildman–Crippen MR) is 70.0 cm³/mol. The van der Waals surface area contributed by atoms with Gasteiger partial charge < -0.3 is 0 Å². The fraction of sp³-hybridized carbons (Fsp3) is 0.231. The number of halogens is 2. The Morgan fingerprint density at radius 1 is 1.50 bits per heavy atom. The molecule has 0 N–H and O–H groups in total. The van der Waals surface area contributed by atoms with Gasteiger partial charge in [-0.15, -0.1) is 0 Å². The standard InChI is InChI=1S/C13H12BrFN2O/c1-17-8-9(7-16-17)2-5-13(18)11-4-3-10(15)6-12(11)14/h3-4,6-8H,2,5H2,1H3. The van der Waals surface area contributed by atoms with Crippen molar-refractivity contribution in [2.75, 3.05) is 0 Å². The van der Waals surface area contributed by atoms with Crippen LogP contribution in [0.15, 0.2) is 35.1 Å². The third-order valence-corrected chi connectivity index (χ3v) is 3.29. The molecule has 0 fully saturated rings. The highest BCUT2D eigenvalue weighted by Gasteiger charge is 2.11. The van der Waals surface area contributed by atoms with Crippen molar-refractivity contribution in [2.45, 2.75) is 12.8 Å². The number of nitrogens with zero attached hydrogens (tertiary/aromatic N) is 2. The van der Waals surface area contributed by atoms with Crippen LogP contribution in [0.25, 0.3) is 0 Å². The molecule has 0 saturated heterocycles. The number of aromatic nitrogens is 2. The average Bonchev–Trinajstić information content (AvgIpc) is 2.72. The van der Waals surface area contributed by atoms with E-state index in [2.05, 4.69) is 21.0 Å². The molecule has 0 aliphatic rings. The molecule has 0 bridgehead atoms. The molecule has 0 aliphatic carbocycles. The third-order valence-electron chi connectivity index (χ3n) is 2.63. The Morgan fingerprint density at radius 3 is 2.89 bits per heavy atom. The Labute approximate surface area is 113 Å². The fourth-order valence-corrected chi connectivity index (χ4v) is 2.28. The fourth-order valence-electron chi connectivity index (χ4n) is 1.71. The van der Waals surface area contributed by atoms with Gasteiger partial charge in [0.05, 0.1) is 6.20 Å². The lowest BCUT2D eigenvalue weighted by Crippen LogP contribution is -2.02. The van der Waals surface area contributed by atoms with E-state index in [0.717, 1.165) is 5.56 Å². The number of benzene rings is 1.